The first-order valence-corrected chi connectivity index (χ1v) is 7.47. The third-order valence-corrected chi connectivity index (χ3v) is 4.08. The highest BCUT2D eigenvalue weighted by Gasteiger charge is 2.13. The minimum absolute atomic E-state index is 0.339. The Kier molecular flexibility index (Phi) is 4.94. The monoisotopic (exact) mass is 340 g/mol. The maximum absolute atomic E-state index is 13.5. The van der Waals surface area contributed by atoms with Crippen LogP contribution in [0.3, 0.4) is 0 Å². The predicted molar refractivity (Wildman–Crippen MR) is 80.0 cm³/mol. The van der Waals surface area contributed by atoms with E-state index in [4.69, 9.17) is 0 Å². The highest BCUT2D eigenvalue weighted by molar-refractivity contribution is 9.10. The van der Waals surface area contributed by atoms with Crippen molar-refractivity contribution in [3.05, 3.63) is 52.0 Å². The van der Waals surface area contributed by atoms with Gasteiger partial charge in [0.25, 0.3) is 0 Å². The normalized spacial score (nSPS) is 14.2. The SMILES string of the molecule is CCC(C)n1ccc(CC(O)c2ccc(Br)c(F)c2)n1. The number of aliphatic hydroxyl groups excluding tert-OH is 1. The Hall–Kier alpha value is -1.20. The van der Waals surface area contributed by atoms with Gasteiger partial charge in [-0.05, 0) is 53.0 Å². The molecule has 2 rings (SSSR count). The molecule has 2 unspecified atom stereocenters. The summed E-state index contributed by atoms with van der Waals surface area (Å²) in [6, 6.07) is 6.89. The van der Waals surface area contributed by atoms with Crippen molar-refractivity contribution in [1.82, 2.24) is 9.78 Å². The Labute approximate surface area is 126 Å². The molecule has 0 bridgehead atoms. The second-order valence-electron chi connectivity index (χ2n) is 4.94. The van der Waals surface area contributed by atoms with Gasteiger partial charge in [-0.15, -0.1) is 0 Å². The molecule has 1 aromatic carbocycles. The lowest BCUT2D eigenvalue weighted by molar-refractivity contribution is 0.176. The molecule has 0 fully saturated rings. The predicted octanol–water partition coefficient (Wildman–Crippen LogP) is 4.03. The van der Waals surface area contributed by atoms with E-state index in [1.54, 1.807) is 12.1 Å². The van der Waals surface area contributed by atoms with Gasteiger partial charge in [0.1, 0.15) is 5.82 Å². The minimum Gasteiger partial charge on any atom is -0.388 e. The van der Waals surface area contributed by atoms with Crippen LogP contribution in [0.4, 0.5) is 4.39 Å². The van der Waals surface area contributed by atoms with E-state index in [0.29, 0.717) is 22.5 Å². The summed E-state index contributed by atoms with van der Waals surface area (Å²) in [7, 11) is 0. The van der Waals surface area contributed by atoms with Crippen molar-refractivity contribution in [2.24, 2.45) is 0 Å². The first-order valence-electron chi connectivity index (χ1n) is 6.68. The van der Waals surface area contributed by atoms with Gasteiger partial charge in [-0.25, -0.2) is 4.39 Å². The van der Waals surface area contributed by atoms with Crippen LogP contribution in [0.1, 0.15) is 43.7 Å². The van der Waals surface area contributed by atoms with Gasteiger partial charge in [0.05, 0.1) is 16.3 Å². The van der Waals surface area contributed by atoms with E-state index >= 15 is 0 Å². The molecule has 0 saturated carbocycles. The van der Waals surface area contributed by atoms with Gasteiger partial charge in [0, 0.05) is 18.7 Å². The van der Waals surface area contributed by atoms with Crippen LogP contribution in [-0.4, -0.2) is 14.9 Å². The van der Waals surface area contributed by atoms with Gasteiger partial charge < -0.3 is 5.11 Å². The fourth-order valence-electron chi connectivity index (χ4n) is 1.95. The summed E-state index contributed by atoms with van der Waals surface area (Å²) >= 11 is 3.10. The molecule has 0 aliphatic carbocycles. The first-order chi connectivity index (χ1) is 9.51. The van der Waals surface area contributed by atoms with Crippen molar-refractivity contribution in [2.75, 3.05) is 0 Å². The molecule has 1 heterocycles. The Morgan fingerprint density at radius 3 is 2.80 bits per heavy atom. The van der Waals surface area contributed by atoms with Crippen LogP contribution in [-0.2, 0) is 6.42 Å². The van der Waals surface area contributed by atoms with Crippen molar-refractivity contribution in [1.29, 1.82) is 0 Å². The zero-order chi connectivity index (χ0) is 14.7. The fraction of sp³-hybridized carbons (Fsp3) is 0.400. The summed E-state index contributed by atoms with van der Waals surface area (Å²) in [5.74, 6) is -0.369. The molecule has 3 nitrogen and oxygen atoms in total. The highest BCUT2D eigenvalue weighted by atomic mass is 79.9. The van der Waals surface area contributed by atoms with Crippen LogP contribution in [0.25, 0.3) is 0 Å². The zero-order valence-electron chi connectivity index (χ0n) is 11.6. The number of halogens is 2. The number of hydrogen-bond acceptors (Lipinski definition) is 2. The maximum Gasteiger partial charge on any atom is 0.137 e. The summed E-state index contributed by atoms with van der Waals surface area (Å²) in [5.41, 5.74) is 1.37. The molecule has 0 aliphatic rings. The number of nitrogens with zero attached hydrogens (tertiary/aromatic N) is 2. The molecular weight excluding hydrogens is 323 g/mol. The van der Waals surface area contributed by atoms with E-state index in [-0.39, 0.29) is 5.82 Å². The minimum atomic E-state index is -0.752. The number of benzene rings is 1. The summed E-state index contributed by atoms with van der Waals surface area (Å²) < 4.78 is 15.7. The zero-order valence-corrected chi connectivity index (χ0v) is 13.1. The van der Waals surface area contributed by atoms with Gasteiger partial charge in [-0.1, -0.05) is 13.0 Å². The van der Waals surface area contributed by atoms with Crippen molar-refractivity contribution in [3.63, 3.8) is 0 Å². The third kappa shape index (κ3) is 3.46. The Balaban J connectivity index is 2.09. The van der Waals surface area contributed by atoms with E-state index in [9.17, 15) is 9.50 Å². The van der Waals surface area contributed by atoms with Crippen molar-refractivity contribution < 1.29 is 9.50 Å². The average Bonchev–Trinajstić information content (AvgIpc) is 2.89. The van der Waals surface area contributed by atoms with Gasteiger partial charge in [0.2, 0.25) is 0 Å². The smallest absolute Gasteiger partial charge is 0.137 e. The molecule has 1 N–H and O–H groups in total. The summed E-state index contributed by atoms with van der Waals surface area (Å²) in [4.78, 5) is 0. The highest BCUT2D eigenvalue weighted by Crippen LogP contribution is 2.23. The van der Waals surface area contributed by atoms with Crippen LogP contribution >= 0.6 is 15.9 Å². The van der Waals surface area contributed by atoms with E-state index in [0.717, 1.165) is 12.1 Å². The maximum atomic E-state index is 13.5. The molecule has 0 aliphatic heterocycles. The lowest BCUT2D eigenvalue weighted by atomic mass is 10.1. The third-order valence-electron chi connectivity index (χ3n) is 3.44. The van der Waals surface area contributed by atoms with Crippen LogP contribution < -0.4 is 0 Å². The van der Waals surface area contributed by atoms with Crippen LogP contribution in [0.2, 0.25) is 0 Å². The van der Waals surface area contributed by atoms with Crippen molar-refractivity contribution in [3.8, 4) is 0 Å². The van der Waals surface area contributed by atoms with Crippen LogP contribution in [0.15, 0.2) is 34.9 Å². The lowest BCUT2D eigenvalue weighted by Crippen LogP contribution is -2.07. The van der Waals surface area contributed by atoms with Gasteiger partial charge in [-0.2, -0.15) is 5.10 Å². The van der Waals surface area contributed by atoms with Gasteiger partial charge in [0.15, 0.2) is 0 Å². The summed E-state index contributed by atoms with van der Waals surface area (Å²) in [6.07, 6.45) is 2.54. The van der Waals surface area contributed by atoms with E-state index in [1.165, 1.54) is 6.07 Å². The second kappa shape index (κ2) is 6.50. The van der Waals surface area contributed by atoms with E-state index in [2.05, 4.69) is 34.9 Å². The van der Waals surface area contributed by atoms with Gasteiger partial charge in [-0.3, -0.25) is 4.68 Å². The molecule has 2 aromatic rings. The molecule has 20 heavy (non-hydrogen) atoms. The molecule has 2 atom stereocenters. The van der Waals surface area contributed by atoms with E-state index in [1.807, 2.05) is 16.9 Å². The van der Waals surface area contributed by atoms with E-state index < -0.39 is 6.10 Å². The van der Waals surface area contributed by atoms with Gasteiger partial charge >= 0.3 is 0 Å². The average molecular weight is 341 g/mol. The number of rotatable bonds is 5. The standard InChI is InChI=1S/C15H18BrFN2O/c1-3-10(2)19-7-6-12(18-19)9-15(20)11-4-5-13(16)14(17)8-11/h4-8,10,15,20H,3,9H2,1-2H3. The molecule has 1 aromatic heterocycles. The Morgan fingerprint density at radius 2 is 2.15 bits per heavy atom. The lowest BCUT2D eigenvalue weighted by Gasteiger charge is -2.11. The molecule has 0 spiro atoms. The number of aliphatic hydroxyl groups is 1. The molecule has 0 amide bonds. The molecule has 0 saturated heterocycles. The number of hydrogen-bond donors (Lipinski definition) is 1. The molecule has 0 radical (unpaired) electrons. The molecular formula is C15H18BrFN2O. The van der Waals surface area contributed by atoms with Crippen LogP contribution in [0, 0.1) is 5.82 Å². The quantitative estimate of drug-likeness (QED) is 0.892. The Morgan fingerprint density at radius 1 is 1.40 bits per heavy atom. The first kappa shape index (κ1) is 15.2. The Bertz CT molecular complexity index is 585. The van der Waals surface area contributed by atoms with Crippen molar-refractivity contribution in [2.45, 2.75) is 38.8 Å². The van der Waals surface area contributed by atoms with Crippen LogP contribution in [0.5, 0.6) is 0 Å². The topological polar surface area (TPSA) is 38.0 Å². The number of aromatic nitrogens is 2. The fourth-order valence-corrected chi connectivity index (χ4v) is 2.20. The second-order valence-corrected chi connectivity index (χ2v) is 5.79. The summed E-state index contributed by atoms with van der Waals surface area (Å²) in [6.45, 7) is 4.20. The molecule has 5 heteroatoms. The largest absolute Gasteiger partial charge is 0.388 e. The van der Waals surface area contributed by atoms with Crippen molar-refractivity contribution >= 4 is 15.9 Å². The molecule has 108 valence electrons. The summed E-state index contributed by atoms with van der Waals surface area (Å²) in [5, 5.41) is 14.6.